The van der Waals surface area contributed by atoms with Crippen molar-refractivity contribution >= 4 is 22.5 Å². The first-order valence-corrected chi connectivity index (χ1v) is 10.2. The number of morpholine rings is 1. The maximum atomic E-state index is 12.6. The minimum absolute atomic E-state index is 0.153. The van der Waals surface area contributed by atoms with Gasteiger partial charge in [-0.1, -0.05) is 12.1 Å². The average Bonchev–Trinajstić information content (AvgIpc) is 3.18. The van der Waals surface area contributed by atoms with Gasteiger partial charge in [0.15, 0.2) is 0 Å². The van der Waals surface area contributed by atoms with E-state index in [1.807, 2.05) is 43.3 Å². The Kier molecular flexibility index (Phi) is 6.12. The number of H-pyrrole nitrogens is 1. The molecule has 1 fully saturated rings. The number of aromatic nitrogens is 1. The molecule has 1 aliphatic heterocycles. The molecule has 152 valence electrons. The summed E-state index contributed by atoms with van der Waals surface area (Å²) >= 11 is 0. The summed E-state index contributed by atoms with van der Waals surface area (Å²) < 4.78 is 10.9. The Morgan fingerprint density at radius 2 is 1.93 bits per heavy atom. The van der Waals surface area contributed by atoms with Crippen LogP contribution >= 0.6 is 0 Å². The SMILES string of the molecule is CCOc1ccc2cc(C(=O)Nc3ccc(CCN4CCOCC4)cc3)[nH]c2c1. The molecule has 2 N–H and O–H groups in total. The number of nitrogens with zero attached hydrogens (tertiary/aromatic N) is 1. The number of amides is 1. The van der Waals surface area contributed by atoms with E-state index in [9.17, 15) is 4.79 Å². The van der Waals surface area contributed by atoms with E-state index in [-0.39, 0.29) is 5.91 Å². The minimum Gasteiger partial charge on any atom is -0.494 e. The molecule has 0 atom stereocenters. The molecule has 2 aromatic carbocycles. The number of carbonyl (C=O) groups excluding carboxylic acids is 1. The maximum Gasteiger partial charge on any atom is 0.272 e. The molecule has 0 aliphatic carbocycles. The van der Waals surface area contributed by atoms with Crippen molar-refractivity contribution in [2.75, 3.05) is 44.8 Å². The molecule has 29 heavy (non-hydrogen) atoms. The van der Waals surface area contributed by atoms with Gasteiger partial charge in [-0.25, -0.2) is 0 Å². The summed E-state index contributed by atoms with van der Waals surface area (Å²) in [4.78, 5) is 18.2. The van der Waals surface area contributed by atoms with Gasteiger partial charge < -0.3 is 19.8 Å². The predicted molar refractivity (Wildman–Crippen MR) is 115 cm³/mol. The zero-order valence-electron chi connectivity index (χ0n) is 16.7. The molecular weight excluding hydrogens is 366 g/mol. The van der Waals surface area contributed by atoms with E-state index in [0.29, 0.717) is 12.3 Å². The van der Waals surface area contributed by atoms with E-state index in [1.165, 1.54) is 5.56 Å². The summed E-state index contributed by atoms with van der Waals surface area (Å²) in [6, 6.07) is 15.7. The van der Waals surface area contributed by atoms with Gasteiger partial charge in [0.25, 0.3) is 5.91 Å². The summed E-state index contributed by atoms with van der Waals surface area (Å²) in [6.45, 7) is 7.26. The third-order valence-corrected chi connectivity index (χ3v) is 5.18. The number of rotatable bonds is 7. The molecule has 6 heteroatoms. The number of fused-ring (bicyclic) bond motifs is 1. The van der Waals surface area contributed by atoms with Gasteiger partial charge in [0.05, 0.1) is 19.8 Å². The van der Waals surface area contributed by atoms with Crippen LogP contribution in [0.5, 0.6) is 5.75 Å². The summed E-state index contributed by atoms with van der Waals surface area (Å²) in [5, 5.41) is 3.95. The Bertz CT molecular complexity index is 959. The molecule has 0 radical (unpaired) electrons. The van der Waals surface area contributed by atoms with Gasteiger partial charge in [-0.3, -0.25) is 9.69 Å². The van der Waals surface area contributed by atoms with Crippen molar-refractivity contribution in [3.8, 4) is 5.75 Å². The van der Waals surface area contributed by atoms with Crippen molar-refractivity contribution < 1.29 is 14.3 Å². The molecule has 1 amide bonds. The van der Waals surface area contributed by atoms with Crippen LogP contribution in [0.3, 0.4) is 0 Å². The molecule has 1 aromatic heterocycles. The fourth-order valence-corrected chi connectivity index (χ4v) is 3.55. The Labute approximate surface area is 170 Å². The molecule has 1 saturated heterocycles. The zero-order chi connectivity index (χ0) is 20.1. The first-order valence-electron chi connectivity index (χ1n) is 10.2. The second-order valence-electron chi connectivity index (χ2n) is 7.22. The Morgan fingerprint density at radius 1 is 1.14 bits per heavy atom. The second kappa shape index (κ2) is 9.11. The third-order valence-electron chi connectivity index (χ3n) is 5.18. The van der Waals surface area contributed by atoms with Crippen molar-refractivity contribution in [3.63, 3.8) is 0 Å². The summed E-state index contributed by atoms with van der Waals surface area (Å²) in [7, 11) is 0. The number of ether oxygens (including phenoxy) is 2. The topological polar surface area (TPSA) is 66.6 Å². The van der Waals surface area contributed by atoms with Crippen molar-refractivity contribution in [2.24, 2.45) is 0 Å². The van der Waals surface area contributed by atoms with Crippen LogP contribution in [0.15, 0.2) is 48.5 Å². The average molecular weight is 393 g/mol. The van der Waals surface area contributed by atoms with Gasteiger partial charge in [0.1, 0.15) is 11.4 Å². The van der Waals surface area contributed by atoms with Gasteiger partial charge in [-0.15, -0.1) is 0 Å². The Hall–Kier alpha value is -2.83. The van der Waals surface area contributed by atoms with E-state index in [1.54, 1.807) is 0 Å². The molecule has 3 aromatic rings. The first-order chi connectivity index (χ1) is 14.2. The van der Waals surface area contributed by atoms with Crippen molar-refractivity contribution in [2.45, 2.75) is 13.3 Å². The summed E-state index contributed by atoms with van der Waals surface area (Å²) in [6.07, 6.45) is 0.998. The summed E-state index contributed by atoms with van der Waals surface area (Å²) in [5.41, 5.74) is 3.48. The highest BCUT2D eigenvalue weighted by molar-refractivity contribution is 6.06. The molecule has 2 heterocycles. The predicted octanol–water partition coefficient (Wildman–Crippen LogP) is 3.69. The summed E-state index contributed by atoms with van der Waals surface area (Å²) in [5.74, 6) is 0.640. The van der Waals surface area contributed by atoms with Crippen LogP contribution in [0.4, 0.5) is 5.69 Å². The lowest BCUT2D eigenvalue weighted by Crippen LogP contribution is -2.37. The van der Waals surface area contributed by atoms with Crippen molar-refractivity contribution in [3.05, 3.63) is 59.8 Å². The third kappa shape index (κ3) is 4.96. The highest BCUT2D eigenvalue weighted by atomic mass is 16.5. The van der Waals surface area contributed by atoms with Gasteiger partial charge >= 0.3 is 0 Å². The molecular formula is C23H27N3O3. The van der Waals surface area contributed by atoms with E-state index in [0.717, 1.165) is 61.6 Å². The number of aromatic amines is 1. The van der Waals surface area contributed by atoms with Gasteiger partial charge in [0, 0.05) is 42.3 Å². The Balaban J connectivity index is 1.35. The number of nitrogens with one attached hydrogen (secondary N) is 2. The molecule has 1 aliphatic rings. The number of carbonyl (C=O) groups is 1. The van der Waals surface area contributed by atoms with Crippen molar-refractivity contribution in [1.29, 1.82) is 0 Å². The monoisotopic (exact) mass is 393 g/mol. The normalized spacial score (nSPS) is 14.8. The zero-order valence-corrected chi connectivity index (χ0v) is 16.7. The largest absolute Gasteiger partial charge is 0.494 e. The lowest BCUT2D eigenvalue weighted by molar-refractivity contribution is 0.0384. The highest BCUT2D eigenvalue weighted by Crippen LogP contribution is 2.22. The standard InChI is InChI=1S/C23H27N3O3/c1-2-29-20-8-5-18-15-22(25-21(18)16-20)23(27)24-19-6-3-17(4-7-19)9-10-26-11-13-28-14-12-26/h3-8,15-16,25H,2,9-14H2,1H3,(H,24,27). The van der Waals surface area contributed by atoms with E-state index >= 15 is 0 Å². The molecule has 4 rings (SSSR count). The Morgan fingerprint density at radius 3 is 2.69 bits per heavy atom. The maximum absolute atomic E-state index is 12.6. The first kappa shape index (κ1) is 19.5. The van der Waals surface area contributed by atoms with E-state index < -0.39 is 0 Å². The van der Waals surface area contributed by atoms with Gasteiger partial charge in [0.2, 0.25) is 0 Å². The number of hydrogen-bond donors (Lipinski definition) is 2. The molecule has 0 unspecified atom stereocenters. The number of anilines is 1. The van der Waals surface area contributed by atoms with Crippen LogP contribution < -0.4 is 10.1 Å². The lowest BCUT2D eigenvalue weighted by Gasteiger charge is -2.26. The van der Waals surface area contributed by atoms with E-state index in [4.69, 9.17) is 9.47 Å². The van der Waals surface area contributed by atoms with Gasteiger partial charge in [-0.2, -0.15) is 0 Å². The second-order valence-corrected chi connectivity index (χ2v) is 7.22. The fourth-order valence-electron chi connectivity index (χ4n) is 3.55. The van der Waals surface area contributed by atoms with Crippen LogP contribution in [-0.4, -0.2) is 55.2 Å². The highest BCUT2D eigenvalue weighted by Gasteiger charge is 2.12. The van der Waals surface area contributed by atoms with Crippen molar-refractivity contribution in [1.82, 2.24) is 9.88 Å². The molecule has 0 saturated carbocycles. The van der Waals surface area contributed by atoms with Crippen LogP contribution in [0.1, 0.15) is 23.0 Å². The number of hydrogen-bond acceptors (Lipinski definition) is 4. The minimum atomic E-state index is -0.153. The molecule has 0 bridgehead atoms. The van der Waals surface area contributed by atoms with Crippen LogP contribution in [0, 0.1) is 0 Å². The lowest BCUT2D eigenvalue weighted by atomic mass is 10.1. The van der Waals surface area contributed by atoms with Crippen LogP contribution in [0.2, 0.25) is 0 Å². The van der Waals surface area contributed by atoms with Crippen LogP contribution in [-0.2, 0) is 11.2 Å². The van der Waals surface area contributed by atoms with Crippen LogP contribution in [0.25, 0.3) is 10.9 Å². The van der Waals surface area contributed by atoms with Gasteiger partial charge in [-0.05, 0) is 49.2 Å². The molecule has 0 spiro atoms. The fraction of sp³-hybridized carbons (Fsp3) is 0.348. The number of benzene rings is 2. The van der Waals surface area contributed by atoms with E-state index in [2.05, 4.69) is 27.3 Å². The smallest absolute Gasteiger partial charge is 0.272 e. The molecule has 6 nitrogen and oxygen atoms in total. The quantitative estimate of drug-likeness (QED) is 0.642.